The topological polar surface area (TPSA) is 68.5 Å². The van der Waals surface area contributed by atoms with E-state index in [1.807, 2.05) is 4.68 Å². The van der Waals surface area contributed by atoms with Crippen LogP contribution in [0.25, 0.3) is 0 Å². The number of hydrogen-bond donors (Lipinski definition) is 1. The van der Waals surface area contributed by atoms with Crippen LogP contribution in [0.4, 0.5) is 0 Å². The monoisotopic (exact) mass is 308 g/mol. The highest BCUT2D eigenvalue weighted by atomic mass is 32.1. The maximum Gasteiger partial charge on any atom is 0.138 e. The largest absolute Gasteiger partial charge is 0.309 e. The maximum atomic E-state index is 4.42. The molecule has 0 fully saturated rings. The molecule has 21 heavy (non-hydrogen) atoms. The van der Waals surface area contributed by atoms with Crippen molar-refractivity contribution >= 4 is 11.5 Å². The lowest BCUT2D eigenvalue weighted by atomic mass is 10.0. The van der Waals surface area contributed by atoms with E-state index in [-0.39, 0.29) is 6.04 Å². The van der Waals surface area contributed by atoms with Crippen LogP contribution in [-0.4, -0.2) is 30.9 Å². The van der Waals surface area contributed by atoms with Crippen LogP contribution in [0.3, 0.4) is 0 Å². The summed E-state index contributed by atoms with van der Waals surface area (Å²) >= 11 is 1.49. The van der Waals surface area contributed by atoms with Gasteiger partial charge in [-0.1, -0.05) is 32.2 Å². The van der Waals surface area contributed by atoms with E-state index in [9.17, 15) is 0 Å². The van der Waals surface area contributed by atoms with E-state index < -0.39 is 0 Å². The lowest BCUT2D eigenvalue weighted by Crippen LogP contribution is -2.25. The molecule has 7 heteroatoms. The van der Waals surface area contributed by atoms with Crippen molar-refractivity contribution in [1.29, 1.82) is 0 Å². The van der Waals surface area contributed by atoms with Crippen molar-refractivity contribution < 1.29 is 0 Å². The highest BCUT2D eigenvalue weighted by Gasteiger charge is 2.22. The Morgan fingerprint density at radius 1 is 1.33 bits per heavy atom. The van der Waals surface area contributed by atoms with Gasteiger partial charge in [-0.25, -0.2) is 4.98 Å². The molecule has 0 saturated heterocycles. The Balaban J connectivity index is 2.22. The first-order valence-electron chi connectivity index (χ1n) is 7.59. The Bertz CT molecular complexity index is 547. The fourth-order valence-corrected chi connectivity index (χ4v) is 3.26. The zero-order chi connectivity index (χ0) is 15.2. The summed E-state index contributed by atoms with van der Waals surface area (Å²) in [5.41, 5.74) is 1.09. The van der Waals surface area contributed by atoms with Crippen molar-refractivity contribution in [2.75, 3.05) is 6.54 Å². The van der Waals surface area contributed by atoms with Crippen molar-refractivity contribution in [1.82, 2.24) is 29.7 Å². The van der Waals surface area contributed by atoms with Gasteiger partial charge in [0, 0.05) is 13.0 Å². The number of aryl methyl sites for hydroxylation is 1. The molecule has 1 N–H and O–H groups in total. The molecule has 0 spiro atoms. The SMILES string of the molecule is CCCn1ncnc1CC(NCC)c1snnc1C(C)C. The van der Waals surface area contributed by atoms with Crippen LogP contribution in [0.5, 0.6) is 0 Å². The summed E-state index contributed by atoms with van der Waals surface area (Å²) in [4.78, 5) is 5.64. The van der Waals surface area contributed by atoms with Gasteiger partial charge in [0.1, 0.15) is 12.2 Å². The first-order valence-corrected chi connectivity index (χ1v) is 8.36. The summed E-state index contributed by atoms with van der Waals surface area (Å²) < 4.78 is 6.14. The van der Waals surface area contributed by atoms with E-state index in [0.717, 1.165) is 37.4 Å². The van der Waals surface area contributed by atoms with Crippen LogP contribution in [0.1, 0.15) is 62.5 Å². The Hall–Kier alpha value is -1.34. The molecule has 0 radical (unpaired) electrons. The number of rotatable bonds is 8. The Morgan fingerprint density at radius 3 is 2.81 bits per heavy atom. The minimum absolute atomic E-state index is 0.201. The molecule has 1 unspecified atom stereocenters. The second-order valence-electron chi connectivity index (χ2n) is 5.39. The van der Waals surface area contributed by atoms with E-state index in [0.29, 0.717) is 5.92 Å². The fourth-order valence-electron chi connectivity index (χ4n) is 2.38. The normalized spacial score (nSPS) is 13.0. The molecule has 0 aliphatic heterocycles. The van der Waals surface area contributed by atoms with Crippen LogP contribution in [0, 0.1) is 0 Å². The van der Waals surface area contributed by atoms with Gasteiger partial charge in [0.2, 0.25) is 0 Å². The zero-order valence-corrected chi connectivity index (χ0v) is 14.0. The molecule has 2 rings (SSSR count). The molecule has 0 aliphatic carbocycles. The van der Waals surface area contributed by atoms with Gasteiger partial charge in [-0.05, 0) is 30.4 Å². The molecule has 0 aromatic carbocycles. The number of hydrogen-bond acceptors (Lipinski definition) is 6. The molecular formula is C14H24N6S. The molecule has 0 bridgehead atoms. The van der Waals surface area contributed by atoms with Crippen molar-refractivity contribution in [3.63, 3.8) is 0 Å². The summed E-state index contributed by atoms with van der Waals surface area (Å²) in [6.45, 7) is 10.4. The van der Waals surface area contributed by atoms with Crippen molar-refractivity contribution in [3.8, 4) is 0 Å². The number of aromatic nitrogens is 5. The number of nitrogens with zero attached hydrogens (tertiary/aromatic N) is 5. The van der Waals surface area contributed by atoms with Gasteiger partial charge in [-0.2, -0.15) is 5.10 Å². The molecule has 2 heterocycles. The van der Waals surface area contributed by atoms with Crippen molar-refractivity contribution in [2.45, 2.75) is 59.0 Å². The second kappa shape index (κ2) is 7.61. The molecule has 116 valence electrons. The summed E-state index contributed by atoms with van der Waals surface area (Å²) in [5.74, 6) is 1.40. The molecule has 1 atom stereocenters. The zero-order valence-electron chi connectivity index (χ0n) is 13.2. The maximum absolute atomic E-state index is 4.42. The first-order chi connectivity index (χ1) is 10.2. The summed E-state index contributed by atoms with van der Waals surface area (Å²) in [6, 6.07) is 0.201. The average molecular weight is 308 g/mol. The smallest absolute Gasteiger partial charge is 0.138 e. The minimum atomic E-state index is 0.201. The third-order valence-corrected chi connectivity index (χ3v) is 4.23. The van der Waals surface area contributed by atoms with Gasteiger partial charge in [-0.15, -0.1) is 5.10 Å². The van der Waals surface area contributed by atoms with Crippen molar-refractivity contribution in [2.24, 2.45) is 0 Å². The number of likely N-dealkylation sites (N-methyl/N-ethyl adjacent to an activating group) is 1. The molecule has 0 amide bonds. The van der Waals surface area contributed by atoms with E-state index in [2.05, 4.69) is 52.7 Å². The van der Waals surface area contributed by atoms with Crippen LogP contribution >= 0.6 is 11.5 Å². The third kappa shape index (κ3) is 3.85. The average Bonchev–Trinajstić information content (AvgIpc) is 3.08. The lowest BCUT2D eigenvalue weighted by molar-refractivity contribution is 0.499. The van der Waals surface area contributed by atoms with Gasteiger partial charge in [-0.3, -0.25) is 4.68 Å². The standard InChI is InChI=1S/C14H24N6S/c1-5-7-20-12(16-9-17-20)8-11(15-6-2)14-13(10(3)4)18-19-21-14/h9-11,15H,5-8H2,1-4H3. The van der Waals surface area contributed by atoms with Gasteiger partial charge in [0.15, 0.2) is 0 Å². The Morgan fingerprint density at radius 2 is 2.14 bits per heavy atom. The van der Waals surface area contributed by atoms with Crippen LogP contribution in [-0.2, 0) is 13.0 Å². The predicted molar refractivity (Wildman–Crippen MR) is 84.4 cm³/mol. The van der Waals surface area contributed by atoms with Crippen LogP contribution < -0.4 is 5.32 Å². The Labute approximate surface area is 130 Å². The van der Waals surface area contributed by atoms with Gasteiger partial charge < -0.3 is 5.32 Å². The van der Waals surface area contributed by atoms with Crippen molar-refractivity contribution in [3.05, 3.63) is 22.7 Å². The summed E-state index contributed by atoms with van der Waals surface area (Å²) in [7, 11) is 0. The highest BCUT2D eigenvalue weighted by molar-refractivity contribution is 7.05. The molecule has 6 nitrogen and oxygen atoms in total. The van der Waals surface area contributed by atoms with E-state index >= 15 is 0 Å². The quantitative estimate of drug-likeness (QED) is 0.811. The Kier molecular flexibility index (Phi) is 5.81. The van der Waals surface area contributed by atoms with Gasteiger partial charge >= 0.3 is 0 Å². The molecular weight excluding hydrogens is 284 g/mol. The number of nitrogens with one attached hydrogen (secondary N) is 1. The first kappa shape index (κ1) is 16.0. The van der Waals surface area contributed by atoms with Gasteiger partial charge in [0.05, 0.1) is 16.6 Å². The third-order valence-electron chi connectivity index (χ3n) is 3.37. The molecule has 0 aliphatic rings. The van der Waals surface area contributed by atoms with Crippen LogP contribution in [0.2, 0.25) is 0 Å². The molecule has 2 aromatic heterocycles. The van der Waals surface area contributed by atoms with Gasteiger partial charge in [0.25, 0.3) is 0 Å². The summed E-state index contributed by atoms with van der Waals surface area (Å²) in [6.07, 6.45) is 3.52. The lowest BCUT2D eigenvalue weighted by Gasteiger charge is -2.18. The fraction of sp³-hybridized carbons (Fsp3) is 0.714. The summed E-state index contributed by atoms with van der Waals surface area (Å²) in [5, 5.41) is 12.1. The van der Waals surface area contributed by atoms with E-state index in [1.54, 1.807) is 6.33 Å². The highest BCUT2D eigenvalue weighted by Crippen LogP contribution is 2.28. The second-order valence-corrected chi connectivity index (χ2v) is 6.18. The van der Waals surface area contributed by atoms with E-state index in [4.69, 9.17) is 0 Å². The van der Waals surface area contributed by atoms with Crippen LogP contribution in [0.15, 0.2) is 6.33 Å². The predicted octanol–water partition coefficient (Wildman–Crippen LogP) is 2.56. The van der Waals surface area contributed by atoms with E-state index in [1.165, 1.54) is 16.4 Å². The molecule has 0 saturated carbocycles. The molecule has 2 aromatic rings. The minimum Gasteiger partial charge on any atom is -0.309 e.